The van der Waals surface area contributed by atoms with Gasteiger partial charge in [-0.15, -0.1) is 0 Å². The number of ether oxygens (including phenoxy) is 1. The monoisotopic (exact) mass is 445 g/mol. The molecule has 33 heavy (non-hydrogen) atoms. The van der Waals surface area contributed by atoms with Crippen LogP contribution in [0.25, 0.3) is 16.6 Å². The van der Waals surface area contributed by atoms with Crippen molar-refractivity contribution < 1.29 is 9.13 Å². The van der Waals surface area contributed by atoms with Crippen molar-refractivity contribution in [3.8, 4) is 11.4 Å². The Morgan fingerprint density at radius 1 is 1.06 bits per heavy atom. The molecule has 0 unspecified atom stereocenters. The molecule has 6 nitrogen and oxygen atoms in total. The number of aryl methyl sites for hydroxylation is 2. The van der Waals surface area contributed by atoms with Crippen molar-refractivity contribution in [1.82, 2.24) is 24.9 Å². The first-order valence-corrected chi connectivity index (χ1v) is 11.5. The van der Waals surface area contributed by atoms with Crippen LogP contribution in [-0.2, 0) is 6.42 Å². The quantitative estimate of drug-likeness (QED) is 0.416. The van der Waals surface area contributed by atoms with Crippen molar-refractivity contribution in [1.29, 1.82) is 0 Å². The van der Waals surface area contributed by atoms with Crippen LogP contribution < -0.4 is 4.74 Å². The van der Waals surface area contributed by atoms with Crippen LogP contribution in [0.2, 0.25) is 0 Å². The van der Waals surface area contributed by atoms with Crippen molar-refractivity contribution in [2.24, 2.45) is 0 Å². The predicted molar refractivity (Wildman–Crippen MR) is 127 cm³/mol. The van der Waals surface area contributed by atoms with Gasteiger partial charge in [-0.3, -0.25) is 0 Å². The molecule has 0 spiro atoms. The van der Waals surface area contributed by atoms with E-state index in [0.29, 0.717) is 18.0 Å². The molecule has 1 aliphatic rings. The molecule has 4 aromatic rings. The van der Waals surface area contributed by atoms with Crippen molar-refractivity contribution in [3.63, 3.8) is 0 Å². The van der Waals surface area contributed by atoms with Gasteiger partial charge in [-0.25, -0.2) is 9.07 Å². The minimum Gasteiger partial charge on any atom is -0.494 e. The Hall–Kier alpha value is -3.32. The van der Waals surface area contributed by atoms with Gasteiger partial charge in [-0.05, 0) is 44.9 Å². The molecular formula is C26H28FN5O. The fourth-order valence-corrected chi connectivity index (χ4v) is 4.62. The molecule has 0 aliphatic carbocycles. The second kappa shape index (κ2) is 8.90. The fraction of sp³-hybridized carbons (Fsp3) is 0.346. The van der Waals surface area contributed by atoms with E-state index < -0.39 is 0 Å². The van der Waals surface area contributed by atoms with Gasteiger partial charge in [0.25, 0.3) is 0 Å². The van der Waals surface area contributed by atoms with Crippen LogP contribution >= 0.6 is 0 Å². The van der Waals surface area contributed by atoms with Crippen molar-refractivity contribution >= 4 is 10.9 Å². The summed E-state index contributed by atoms with van der Waals surface area (Å²) in [7, 11) is 0. The van der Waals surface area contributed by atoms with E-state index in [2.05, 4.69) is 39.4 Å². The molecule has 5 rings (SSSR count). The summed E-state index contributed by atoms with van der Waals surface area (Å²) in [6.07, 6.45) is 1.04. The van der Waals surface area contributed by atoms with Crippen LogP contribution in [0.5, 0.6) is 5.75 Å². The lowest BCUT2D eigenvalue weighted by molar-refractivity contribution is 0.148. The molecule has 7 heteroatoms. The Balaban J connectivity index is 1.40. The molecule has 0 amide bonds. The van der Waals surface area contributed by atoms with Crippen LogP contribution in [0.4, 0.5) is 4.39 Å². The fourth-order valence-electron chi connectivity index (χ4n) is 4.62. The highest BCUT2D eigenvalue weighted by Crippen LogP contribution is 2.33. The minimum absolute atomic E-state index is 0.282. The SMILES string of the molecule is CCOc1ccc(-n2nc3c(C4CN(CCc5ccccc5)C4)nnc(C)c3c2C)c(F)c1. The molecule has 1 saturated heterocycles. The van der Waals surface area contributed by atoms with Crippen LogP contribution in [0, 0.1) is 19.7 Å². The van der Waals surface area contributed by atoms with Gasteiger partial charge in [-0.2, -0.15) is 15.3 Å². The highest BCUT2D eigenvalue weighted by atomic mass is 19.1. The topological polar surface area (TPSA) is 56.1 Å². The largest absolute Gasteiger partial charge is 0.494 e. The number of aromatic nitrogens is 4. The summed E-state index contributed by atoms with van der Waals surface area (Å²) in [5, 5.41) is 14.7. The molecule has 1 aliphatic heterocycles. The van der Waals surface area contributed by atoms with Gasteiger partial charge >= 0.3 is 0 Å². The van der Waals surface area contributed by atoms with Gasteiger partial charge in [0.15, 0.2) is 5.82 Å². The van der Waals surface area contributed by atoms with Gasteiger partial charge in [0.1, 0.15) is 17.0 Å². The summed E-state index contributed by atoms with van der Waals surface area (Å²) in [6, 6.07) is 15.4. The molecule has 2 aromatic heterocycles. The maximum absolute atomic E-state index is 14.9. The third-order valence-electron chi connectivity index (χ3n) is 6.39. The maximum Gasteiger partial charge on any atom is 0.152 e. The van der Waals surface area contributed by atoms with Gasteiger partial charge < -0.3 is 9.64 Å². The smallest absolute Gasteiger partial charge is 0.152 e. The van der Waals surface area contributed by atoms with E-state index in [-0.39, 0.29) is 11.7 Å². The average Bonchev–Trinajstić information content (AvgIpc) is 3.13. The molecule has 3 heterocycles. The predicted octanol–water partition coefficient (Wildman–Crippen LogP) is 4.61. The van der Waals surface area contributed by atoms with Crippen LogP contribution in [0.3, 0.4) is 0 Å². The summed E-state index contributed by atoms with van der Waals surface area (Å²) in [6.45, 7) is 9.15. The number of likely N-dealkylation sites (tertiary alicyclic amines) is 1. The molecule has 170 valence electrons. The minimum atomic E-state index is -0.368. The highest BCUT2D eigenvalue weighted by Gasteiger charge is 2.32. The van der Waals surface area contributed by atoms with Gasteiger partial charge in [0.2, 0.25) is 0 Å². The Labute approximate surface area is 193 Å². The number of halogens is 1. The Morgan fingerprint density at radius 2 is 1.85 bits per heavy atom. The zero-order valence-electron chi connectivity index (χ0n) is 19.3. The van der Waals surface area contributed by atoms with Crippen LogP contribution in [-0.4, -0.2) is 51.1 Å². The van der Waals surface area contributed by atoms with E-state index in [9.17, 15) is 4.39 Å². The van der Waals surface area contributed by atoms with E-state index >= 15 is 0 Å². The molecule has 0 bridgehead atoms. The van der Waals surface area contributed by atoms with Gasteiger partial charge in [0.05, 0.1) is 23.7 Å². The molecule has 0 atom stereocenters. The number of fused-ring (bicyclic) bond motifs is 1. The van der Waals surface area contributed by atoms with Crippen molar-refractivity contribution in [2.45, 2.75) is 33.1 Å². The molecule has 2 aromatic carbocycles. The molecular weight excluding hydrogens is 417 g/mol. The molecule has 0 radical (unpaired) electrons. The number of benzene rings is 2. The lowest BCUT2D eigenvalue weighted by Crippen LogP contribution is -2.46. The van der Waals surface area contributed by atoms with E-state index in [1.54, 1.807) is 16.8 Å². The van der Waals surface area contributed by atoms with Crippen LogP contribution in [0.15, 0.2) is 48.5 Å². The normalized spacial score (nSPS) is 14.5. The van der Waals surface area contributed by atoms with Gasteiger partial charge in [-0.1, -0.05) is 30.3 Å². The van der Waals surface area contributed by atoms with Crippen LogP contribution in [0.1, 0.15) is 35.5 Å². The molecule has 0 N–H and O–H groups in total. The second-order valence-corrected chi connectivity index (χ2v) is 8.63. The lowest BCUT2D eigenvalue weighted by atomic mass is 9.94. The van der Waals surface area contributed by atoms with E-state index in [1.807, 2.05) is 26.8 Å². The number of rotatable bonds is 7. The molecule has 0 saturated carbocycles. The third-order valence-corrected chi connectivity index (χ3v) is 6.39. The Kier molecular flexibility index (Phi) is 5.81. The summed E-state index contributed by atoms with van der Waals surface area (Å²) in [5.74, 6) is 0.426. The maximum atomic E-state index is 14.9. The van der Waals surface area contributed by atoms with E-state index in [0.717, 1.165) is 54.0 Å². The first-order valence-electron chi connectivity index (χ1n) is 11.5. The zero-order valence-corrected chi connectivity index (χ0v) is 19.3. The Morgan fingerprint density at radius 3 is 2.58 bits per heavy atom. The number of hydrogen-bond donors (Lipinski definition) is 0. The Bertz CT molecular complexity index is 1280. The summed E-state index contributed by atoms with van der Waals surface area (Å²) in [5.41, 5.74) is 5.15. The number of nitrogens with zero attached hydrogens (tertiary/aromatic N) is 5. The summed E-state index contributed by atoms with van der Waals surface area (Å²) in [4.78, 5) is 2.43. The highest BCUT2D eigenvalue weighted by molar-refractivity contribution is 5.86. The standard InChI is InChI=1S/C26H28FN5O/c1-4-33-21-10-11-23(22(27)14-21)32-18(3)24-17(2)28-29-25(26(24)30-32)20-15-31(16-20)13-12-19-8-6-5-7-9-19/h5-11,14,20H,4,12-13,15-16H2,1-3H3. The van der Waals surface area contributed by atoms with Crippen molar-refractivity contribution in [3.05, 3.63) is 77.0 Å². The van der Waals surface area contributed by atoms with Crippen molar-refractivity contribution in [2.75, 3.05) is 26.2 Å². The van der Waals surface area contributed by atoms with E-state index in [4.69, 9.17) is 9.84 Å². The first-order chi connectivity index (χ1) is 16.0. The zero-order chi connectivity index (χ0) is 22.9. The second-order valence-electron chi connectivity index (χ2n) is 8.63. The van der Waals surface area contributed by atoms with Gasteiger partial charge in [0, 0.05) is 37.0 Å². The number of hydrogen-bond acceptors (Lipinski definition) is 5. The van der Waals surface area contributed by atoms with E-state index in [1.165, 1.54) is 11.6 Å². The summed E-state index contributed by atoms with van der Waals surface area (Å²) < 4.78 is 22.0. The first kappa shape index (κ1) is 21.5. The summed E-state index contributed by atoms with van der Waals surface area (Å²) >= 11 is 0. The molecule has 1 fully saturated rings. The third kappa shape index (κ3) is 4.09. The lowest BCUT2D eigenvalue weighted by Gasteiger charge is -2.38. The average molecular weight is 446 g/mol.